The van der Waals surface area contributed by atoms with Gasteiger partial charge in [0.05, 0.1) is 22.0 Å². The van der Waals surface area contributed by atoms with Gasteiger partial charge in [0.15, 0.2) is 0 Å². The standard InChI is InChI=1S/C22H26ClF3N4O2S/c1-3-29(4-2)10-11-30-18-7-5-6-15(18)20(28-21(30)32)33-13-19(31)27-17-12-14(22(24,25)26)8-9-16(17)23/h8-9,12H,3-7,10-11,13H2,1-2H3,(H,27,31). The van der Waals surface area contributed by atoms with Crippen molar-refractivity contribution in [2.75, 3.05) is 30.7 Å². The molecule has 2 aromatic rings. The Morgan fingerprint density at radius 1 is 1.27 bits per heavy atom. The number of fused-ring (bicyclic) bond motifs is 1. The molecular weight excluding hydrogens is 477 g/mol. The molecule has 0 saturated heterocycles. The number of carbonyl (C=O) groups excluding carboxylic acids is 1. The van der Waals surface area contributed by atoms with Gasteiger partial charge in [-0.3, -0.25) is 9.36 Å². The maximum Gasteiger partial charge on any atom is 0.416 e. The van der Waals surface area contributed by atoms with Crippen molar-refractivity contribution in [2.24, 2.45) is 0 Å². The fourth-order valence-corrected chi connectivity index (χ4v) is 4.88. The molecule has 11 heteroatoms. The third-order valence-electron chi connectivity index (χ3n) is 5.64. The quantitative estimate of drug-likeness (QED) is 0.404. The Morgan fingerprint density at radius 3 is 2.67 bits per heavy atom. The highest BCUT2D eigenvalue weighted by Crippen LogP contribution is 2.34. The molecule has 0 bridgehead atoms. The van der Waals surface area contributed by atoms with Crippen LogP contribution in [0.4, 0.5) is 18.9 Å². The van der Waals surface area contributed by atoms with Gasteiger partial charge in [-0.25, -0.2) is 4.79 Å². The second-order valence-corrected chi connectivity index (χ2v) is 9.06. The Hall–Kier alpha value is -2.04. The van der Waals surface area contributed by atoms with Crippen LogP contribution < -0.4 is 11.0 Å². The number of nitrogens with one attached hydrogen (secondary N) is 1. The lowest BCUT2D eigenvalue weighted by Gasteiger charge is -2.20. The molecule has 33 heavy (non-hydrogen) atoms. The second kappa shape index (κ2) is 10.9. The Labute approximate surface area is 199 Å². The first-order valence-corrected chi connectivity index (χ1v) is 12.1. The van der Waals surface area contributed by atoms with Gasteiger partial charge in [-0.2, -0.15) is 18.2 Å². The molecule has 1 aliphatic carbocycles. The van der Waals surface area contributed by atoms with Crippen LogP contribution in [0.5, 0.6) is 0 Å². The number of anilines is 1. The number of rotatable bonds is 9. The molecule has 1 aromatic heterocycles. The van der Waals surface area contributed by atoms with E-state index in [0.29, 0.717) is 11.6 Å². The summed E-state index contributed by atoms with van der Waals surface area (Å²) in [5.74, 6) is -0.630. The van der Waals surface area contributed by atoms with Gasteiger partial charge in [0, 0.05) is 24.3 Å². The van der Waals surface area contributed by atoms with Crippen LogP contribution in [0, 0.1) is 0 Å². The Bertz CT molecular complexity index is 1070. The molecule has 1 aromatic carbocycles. The van der Waals surface area contributed by atoms with Crippen LogP contribution in [0.15, 0.2) is 28.0 Å². The van der Waals surface area contributed by atoms with Gasteiger partial charge in [-0.05, 0) is 50.6 Å². The number of benzene rings is 1. The predicted octanol–water partition coefficient (Wildman–Crippen LogP) is 4.48. The Kier molecular flexibility index (Phi) is 8.47. The number of likely N-dealkylation sites (N-methyl/N-ethyl adjacent to an activating group) is 1. The SMILES string of the molecule is CCN(CC)CCn1c2c(c(SCC(=O)Nc3cc(C(F)(F)F)ccc3Cl)nc1=O)CCC2. The van der Waals surface area contributed by atoms with Gasteiger partial charge in [0.2, 0.25) is 5.91 Å². The van der Waals surface area contributed by atoms with E-state index in [2.05, 4.69) is 29.0 Å². The molecule has 0 spiro atoms. The zero-order chi connectivity index (χ0) is 24.2. The lowest BCUT2D eigenvalue weighted by molar-refractivity contribution is -0.137. The van der Waals surface area contributed by atoms with E-state index in [9.17, 15) is 22.8 Å². The Balaban J connectivity index is 1.71. The van der Waals surface area contributed by atoms with Crippen LogP contribution in [0.1, 0.15) is 37.1 Å². The maximum absolute atomic E-state index is 12.9. The number of aromatic nitrogens is 2. The number of nitrogens with zero attached hydrogens (tertiary/aromatic N) is 3. The van der Waals surface area contributed by atoms with Crippen LogP contribution in [-0.2, 0) is 30.4 Å². The van der Waals surface area contributed by atoms with Gasteiger partial charge in [0.25, 0.3) is 0 Å². The van der Waals surface area contributed by atoms with Gasteiger partial charge >= 0.3 is 11.9 Å². The first kappa shape index (κ1) is 25.6. The lowest BCUT2D eigenvalue weighted by atomic mass is 10.2. The van der Waals surface area contributed by atoms with Gasteiger partial charge < -0.3 is 10.2 Å². The number of hydrogen-bond acceptors (Lipinski definition) is 5. The summed E-state index contributed by atoms with van der Waals surface area (Å²) >= 11 is 7.06. The van der Waals surface area contributed by atoms with Crippen LogP contribution in [0.2, 0.25) is 5.02 Å². The zero-order valence-electron chi connectivity index (χ0n) is 18.5. The van der Waals surface area contributed by atoms with Crippen molar-refractivity contribution in [3.05, 3.63) is 50.5 Å². The van der Waals surface area contributed by atoms with Crippen molar-refractivity contribution >= 4 is 35.0 Å². The number of alkyl halides is 3. The number of carbonyl (C=O) groups is 1. The number of halogens is 4. The van der Waals surface area contributed by atoms with E-state index in [4.69, 9.17) is 11.6 Å². The fraction of sp³-hybridized carbons (Fsp3) is 0.500. The first-order valence-electron chi connectivity index (χ1n) is 10.8. The van der Waals surface area contributed by atoms with Crippen molar-refractivity contribution in [1.29, 1.82) is 0 Å². The van der Waals surface area contributed by atoms with E-state index in [1.54, 1.807) is 4.57 Å². The molecule has 1 amide bonds. The number of amides is 1. The van der Waals surface area contributed by atoms with Gasteiger partial charge in [-0.15, -0.1) is 0 Å². The highest BCUT2D eigenvalue weighted by atomic mass is 35.5. The summed E-state index contributed by atoms with van der Waals surface area (Å²) in [6, 6.07) is 2.76. The molecule has 0 fully saturated rings. The highest BCUT2D eigenvalue weighted by Gasteiger charge is 2.31. The van der Waals surface area contributed by atoms with Crippen LogP contribution in [0.25, 0.3) is 0 Å². The summed E-state index contributed by atoms with van der Waals surface area (Å²) in [7, 11) is 0. The summed E-state index contributed by atoms with van der Waals surface area (Å²) in [6.07, 6.45) is -2.08. The molecule has 3 rings (SSSR count). The van der Waals surface area contributed by atoms with Gasteiger partial charge in [0.1, 0.15) is 5.03 Å². The van der Waals surface area contributed by atoms with E-state index in [1.165, 1.54) is 0 Å². The van der Waals surface area contributed by atoms with E-state index in [-0.39, 0.29) is 22.2 Å². The van der Waals surface area contributed by atoms with Crippen LogP contribution >= 0.6 is 23.4 Å². The van der Waals surface area contributed by atoms with E-state index in [1.807, 2.05) is 0 Å². The minimum atomic E-state index is -4.54. The smallest absolute Gasteiger partial charge is 0.324 e. The molecule has 180 valence electrons. The van der Waals surface area contributed by atoms with Crippen molar-refractivity contribution in [3.8, 4) is 0 Å². The summed E-state index contributed by atoms with van der Waals surface area (Å²) in [6.45, 7) is 7.28. The normalized spacial score (nSPS) is 13.4. The maximum atomic E-state index is 12.9. The molecule has 1 N–H and O–H groups in total. The molecule has 1 aliphatic rings. The van der Waals surface area contributed by atoms with E-state index < -0.39 is 17.6 Å². The van der Waals surface area contributed by atoms with Crippen LogP contribution in [-0.4, -0.2) is 45.7 Å². The van der Waals surface area contributed by atoms with Crippen LogP contribution in [0.3, 0.4) is 0 Å². The van der Waals surface area contributed by atoms with E-state index in [0.717, 1.165) is 80.1 Å². The third kappa shape index (κ3) is 6.30. The van der Waals surface area contributed by atoms with Gasteiger partial charge in [-0.1, -0.05) is 37.2 Å². The second-order valence-electron chi connectivity index (χ2n) is 7.69. The molecule has 0 saturated carbocycles. The topological polar surface area (TPSA) is 67.2 Å². The largest absolute Gasteiger partial charge is 0.416 e. The van der Waals surface area contributed by atoms with Crippen molar-refractivity contribution in [3.63, 3.8) is 0 Å². The molecule has 0 radical (unpaired) electrons. The molecule has 0 unspecified atom stereocenters. The minimum Gasteiger partial charge on any atom is -0.324 e. The third-order valence-corrected chi connectivity index (χ3v) is 6.99. The average Bonchev–Trinajstić information content (AvgIpc) is 3.25. The summed E-state index contributed by atoms with van der Waals surface area (Å²) in [4.78, 5) is 31.6. The highest BCUT2D eigenvalue weighted by molar-refractivity contribution is 8.00. The number of thioether (sulfide) groups is 1. The average molecular weight is 503 g/mol. The molecular formula is C22H26ClF3N4O2S. The van der Waals surface area contributed by atoms with Crippen molar-refractivity contribution in [2.45, 2.75) is 50.9 Å². The molecule has 1 heterocycles. The minimum absolute atomic E-state index is 0.0103. The first-order chi connectivity index (χ1) is 15.6. The number of hydrogen-bond donors (Lipinski definition) is 1. The van der Waals surface area contributed by atoms with Crippen molar-refractivity contribution in [1.82, 2.24) is 14.5 Å². The fourth-order valence-electron chi connectivity index (χ4n) is 3.84. The van der Waals surface area contributed by atoms with E-state index >= 15 is 0 Å². The summed E-state index contributed by atoms with van der Waals surface area (Å²) in [5, 5.41) is 2.95. The molecule has 0 aliphatic heterocycles. The van der Waals surface area contributed by atoms with Crippen molar-refractivity contribution < 1.29 is 18.0 Å². The monoisotopic (exact) mass is 502 g/mol. The summed E-state index contributed by atoms with van der Waals surface area (Å²) in [5.41, 5.74) is 0.589. The Morgan fingerprint density at radius 2 is 2.00 bits per heavy atom. The summed E-state index contributed by atoms with van der Waals surface area (Å²) < 4.78 is 40.6. The lowest BCUT2D eigenvalue weighted by Crippen LogP contribution is -2.34. The zero-order valence-corrected chi connectivity index (χ0v) is 20.0. The predicted molar refractivity (Wildman–Crippen MR) is 124 cm³/mol. The molecule has 6 nitrogen and oxygen atoms in total. The molecule has 0 atom stereocenters.